The lowest BCUT2D eigenvalue weighted by Gasteiger charge is -2.05. The molecule has 1 aromatic rings. The van der Waals surface area contributed by atoms with Crippen LogP contribution < -0.4 is 5.73 Å². The van der Waals surface area contributed by atoms with Crippen molar-refractivity contribution in [1.29, 1.82) is 0 Å². The van der Waals surface area contributed by atoms with Gasteiger partial charge in [-0.2, -0.15) is 0 Å². The molecule has 2 N–H and O–H groups in total. The minimum Gasteiger partial charge on any atom is -0.364 e. The van der Waals surface area contributed by atoms with E-state index in [4.69, 9.17) is 5.73 Å². The molecule has 0 fully saturated rings. The standard InChI is InChI=1S/C7H12N4O/c1-3-5(2)11-4-6(7(8)12)9-10-11/h4-5H,3H2,1-2H3,(H2,8,12). The molecule has 12 heavy (non-hydrogen) atoms. The van der Waals surface area contributed by atoms with E-state index in [9.17, 15) is 4.79 Å². The van der Waals surface area contributed by atoms with Crippen molar-refractivity contribution in [3.8, 4) is 0 Å². The van der Waals surface area contributed by atoms with Gasteiger partial charge in [-0.25, -0.2) is 4.68 Å². The van der Waals surface area contributed by atoms with Crippen LogP contribution in [-0.2, 0) is 0 Å². The second-order valence-corrected chi connectivity index (χ2v) is 2.71. The van der Waals surface area contributed by atoms with Gasteiger partial charge in [0.25, 0.3) is 5.91 Å². The van der Waals surface area contributed by atoms with Gasteiger partial charge < -0.3 is 5.73 Å². The highest BCUT2D eigenvalue weighted by Crippen LogP contribution is 2.07. The molecule has 0 aliphatic carbocycles. The van der Waals surface area contributed by atoms with Crippen LogP contribution in [0.4, 0.5) is 0 Å². The number of nitrogens with zero attached hydrogens (tertiary/aromatic N) is 3. The first-order valence-electron chi connectivity index (χ1n) is 3.86. The van der Waals surface area contributed by atoms with Gasteiger partial charge in [-0.05, 0) is 13.3 Å². The fraction of sp³-hybridized carbons (Fsp3) is 0.571. The summed E-state index contributed by atoms with van der Waals surface area (Å²) in [6.07, 6.45) is 2.51. The Morgan fingerprint density at radius 2 is 2.50 bits per heavy atom. The van der Waals surface area contributed by atoms with Gasteiger partial charge in [0.15, 0.2) is 5.69 Å². The highest BCUT2D eigenvalue weighted by atomic mass is 16.1. The summed E-state index contributed by atoms with van der Waals surface area (Å²) < 4.78 is 1.64. The summed E-state index contributed by atoms with van der Waals surface area (Å²) in [6.45, 7) is 4.04. The summed E-state index contributed by atoms with van der Waals surface area (Å²) in [5.74, 6) is -0.537. The number of primary amides is 1. The Morgan fingerprint density at radius 3 is 2.92 bits per heavy atom. The molecule has 66 valence electrons. The maximum absolute atomic E-state index is 10.6. The normalized spacial score (nSPS) is 12.8. The first-order chi connectivity index (χ1) is 5.65. The molecule has 5 nitrogen and oxygen atoms in total. The zero-order chi connectivity index (χ0) is 9.14. The number of hydrogen-bond donors (Lipinski definition) is 1. The van der Waals surface area contributed by atoms with Crippen LogP contribution in [0, 0.1) is 0 Å². The first-order valence-corrected chi connectivity index (χ1v) is 3.86. The van der Waals surface area contributed by atoms with Crippen LogP contribution >= 0.6 is 0 Å². The number of carbonyl (C=O) groups is 1. The minimum atomic E-state index is -0.537. The Morgan fingerprint density at radius 1 is 1.83 bits per heavy atom. The van der Waals surface area contributed by atoms with Crippen molar-refractivity contribution in [2.45, 2.75) is 26.3 Å². The van der Waals surface area contributed by atoms with Crippen molar-refractivity contribution in [2.24, 2.45) is 5.73 Å². The first kappa shape index (κ1) is 8.70. The molecule has 1 aromatic heterocycles. The van der Waals surface area contributed by atoms with E-state index in [0.717, 1.165) is 6.42 Å². The summed E-state index contributed by atoms with van der Waals surface area (Å²) in [5.41, 5.74) is 5.23. The molecule has 0 saturated heterocycles. The van der Waals surface area contributed by atoms with Crippen molar-refractivity contribution in [2.75, 3.05) is 0 Å². The molecule has 1 atom stereocenters. The molecule has 1 heterocycles. The lowest BCUT2D eigenvalue weighted by molar-refractivity contribution is 0.0995. The largest absolute Gasteiger partial charge is 0.364 e. The second-order valence-electron chi connectivity index (χ2n) is 2.71. The molecule has 1 unspecified atom stereocenters. The molecule has 0 saturated carbocycles. The van der Waals surface area contributed by atoms with Gasteiger partial charge in [-0.1, -0.05) is 12.1 Å². The third-order valence-corrected chi connectivity index (χ3v) is 1.81. The zero-order valence-electron chi connectivity index (χ0n) is 7.19. The topological polar surface area (TPSA) is 73.8 Å². The van der Waals surface area contributed by atoms with E-state index in [1.165, 1.54) is 0 Å². The van der Waals surface area contributed by atoms with Crippen LogP contribution in [-0.4, -0.2) is 20.9 Å². The van der Waals surface area contributed by atoms with E-state index in [-0.39, 0.29) is 11.7 Å². The number of aromatic nitrogens is 3. The summed E-state index contributed by atoms with van der Waals surface area (Å²) in [4.78, 5) is 10.6. The van der Waals surface area contributed by atoms with E-state index >= 15 is 0 Å². The van der Waals surface area contributed by atoms with Gasteiger partial charge in [0, 0.05) is 0 Å². The number of carbonyl (C=O) groups excluding carboxylic acids is 1. The van der Waals surface area contributed by atoms with Crippen LogP contribution in [0.1, 0.15) is 36.8 Å². The number of amides is 1. The Hall–Kier alpha value is -1.39. The van der Waals surface area contributed by atoms with Gasteiger partial charge >= 0.3 is 0 Å². The third kappa shape index (κ3) is 1.61. The van der Waals surface area contributed by atoms with E-state index in [1.807, 2.05) is 13.8 Å². The lowest BCUT2D eigenvalue weighted by atomic mass is 10.3. The number of hydrogen-bond acceptors (Lipinski definition) is 3. The van der Waals surface area contributed by atoms with Crippen molar-refractivity contribution < 1.29 is 4.79 Å². The molecular weight excluding hydrogens is 156 g/mol. The maximum atomic E-state index is 10.6. The predicted molar refractivity (Wildman–Crippen MR) is 43.5 cm³/mol. The summed E-state index contributed by atoms with van der Waals surface area (Å²) in [6, 6.07) is 0.255. The van der Waals surface area contributed by atoms with Crippen LogP contribution in [0.3, 0.4) is 0 Å². The maximum Gasteiger partial charge on any atom is 0.270 e. The molecule has 0 radical (unpaired) electrons. The van der Waals surface area contributed by atoms with Crippen molar-refractivity contribution in [3.63, 3.8) is 0 Å². The third-order valence-electron chi connectivity index (χ3n) is 1.81. The van der Waals surface area contributed by atoms with Crippen molar-refractivity contribution in [1.82, 2.24) is 15.0 Å². The summed E-state index contributed by atoms with van der Waals surface area (Å²) >= 11 is 0. The smallest absolute Gasteiger partial charge is 0.270 e. The fourth-order valence-electron chi connectivity index (χ4n) is 0.792. The minimum absolute atomic E-state index is 0.218. The zero-order valence-corrected chi connectivity index (χ0v) is 7.19. The molecule has 0 bridgehead atoms. The molecule has 1 rings (SSSR count). The second kappa shape index (κ2) is 3.34. The van der Waals surface area contributed by atoms with E-state index in [1.54, 1.807) is 10.9 Å². The molecule has 0 aliphatic heterocycles. The quantitative estimate of drug-likeness (QED) is 0.707. The van der Waals surface area contributed by atoms with E-state index in [0.29, 0.717) is 0 Å². The van der Waals surface area contributed by atoms with Crippen LogP contribution in [0.2, 0.25) is 0 Å². The van der Waals surface area contributed by atoms with E-state index in [2.05, 4.69) is 10.3 Å². The highest BCUT2D eigenvalue weighted by molar-refractivity contribution is 5.90. The van der Waals surface area contributed by atoms with Crippen LogP contribution in [0.15, 0.2) is 6.20 Å². The number of nitrogens with two attached hydrogens (primary N) is 1. The predicted octanol–water partition coefficient (Wildman–Crippen LogP) is 0.348. The Kier molecular flexibility index (Phi) is 2.42. The molecule has 0 spiro atoms. The van der Waals surface area contributed by atoms with E-state index < -0.39 is 5.91 Å². The van der Waals surface area contributed by atoms with Crippen molar-refractivity contribution in [3.05, 3.63) is 11.9 Å². The highest BCUT2D eigenvalue weighted by Gasteiger charge is 2.08. The summed E-state index contributed by atoms with van der Waals surface area (Å²) in [5, 5.41) is 7.40. The van der Waals surface area contributed by atoms with Gasteiger partial charge in [0.1, 0.15) is 0 Å². The molecule has 5 heteroatoms. The van der Waals surface area contributed by atoms with Crippen molar-refractivity contribution >= 4 is 5.91 Å². The average molecular weight is 168 g/mol. The molecule has 1 amide bonds. The van der Waals surface area contributed by atoms with Gasteiger partial charge in [0.2, 0.25) is 0 Å². The fourth-order valence-corrected chi connectivity index (χ4v) is 0.792. The SMILES string of the molecule is CCC(C)n1cc(C(N)=O)nn1. The monoisotopic (exact) mass is 168 g/mol. The van der Waals surface area contributed by atoms with Crippen LogP contribution in [0.5, 0.6) is 0 Å². The van der Waals surface area contributed by atoms with Gasteiger partial charge in [-0.15, -0.1) is 5.10 Å². The molecule has 0 aromatic carbocycles. The Balaban J connectivity index is 2.84. The molecular formula is C7H12N4O. The molecule has 0 aliphatic rings. The van der Waals surface area contributed by atoms with Crippen LogP contribution in [0.25, 0.3) is 0 Å². The summed E-state index contributed by atoms with van der Waals surface area (Å²) in [7, 11) is 0. The lowest BCUT2D eigenvalue weighted by Crippen LogP contribution is -2.11. The Labute approximate surface area is 70.6 Å². The van der Waals surface area contributed by atoms with Gasteiger partial charge in [-0.3, -0.25) is 4.79 Å². The Bertz CT molecular complexity index is 281. The van der Waals surface area contributed by atoms with Gasteiger partial charge in [0.05, 0.1) is 12.2 Å². The average Bonchev–Trinajstić information content (AvgIpc) is 2.51. The number of rotatable bonds is 3.